The first kappa shape index (κ1) is 9.86. The van der Waals surface area contributed by atoms with E-state index in [9.17, 15) is 0 Å². The van der Waals surface area contributed by atoms with E-state index in [1.54, 1.807) is 23.3 Å². The first-order chi connectivity index (χ1) is 7.25. The van der Waals surface area contributed by atoms with Crippen LogP contribution in [0.5, 0.6) is 0 Å². The zero-order chi connectivity index (χ0) is 10.7. The zero-order valence-corrected chi connectivity index (χ0v) is 8.88. The van der Waals surface area contributed by atoms with Crippen LogP contribution in [0.1, 0.15) is 5.56 Å². The normalized spacial score (nSPS) is 10.9. The summed E-state index contributed by atoms with van der Waals surface area (Å²) in [6.07, 6.45) is 5.19. The average Bonchev–Trinajstić information content (AvgIpc) is 2.69. The van der Waals surface area contributed by atoms with Crippen molar-refractivity contribution in [2.45, 2.75) is 6.54 Å². The summed E-state index contributed by atoms with van der Waals surface area (Å²) >= 11 is 0. The number of nitrogens with zero attached hydrogens (tertiary/aromatic N) is 4. The van der Waals surface area contributed by atoms with Crippen molar-refractivity contribution in [3.63, 3.8) is 0 Å². The molecular weight excluding hydrogens is 188 g/mol. The van der Waals surface area contributed by atoms with Crippen molar-refractivity contribution in [2.24, 2.45) is 0 Å². The van der Waals surface area contributed by atoms with E-state index in [1.165, 1.54) is 5.56 Å². The summed E-state index contributed by atoms with van der Waals surface area (Å²) in [5.74, 6) is 0.829. The molecule has 0 saturated heterocycles. The van der Waals surface area contributed by atoms with Gasteiger partial charge in [-0.15, -0.1) is 0 Å². The molecule has 2 aromatic rings. The molecule has 77 valence electrons. The van der Waals surface area contributed by atoms with Gasteiger partial charge in [0.1, 0.15) is 0 Å². The molecule has 4 nitrogen and oxygen atoms in total. The van der Waals surface area contributed by atoms with Crippen LogP contribution in [0.4, 0.5) is 0 Å². The second kappa shape index (κ2) is 4.23. The van der Waals surface area contributed by atoms with E-state index in [-0.39, 0.29) is 0 Å². The lowest BCUT2D eigenvalue weighted by Crippen LogP contribution is -2.11. The largest absolute Gasteiger partial charge is 0.305 e. The van der Waals surface area contributed by atoms with Gasteiger partial charge in [0.25, 0.3) is 0 Å². The summed E-state index contributed by atoms with van der Waals surface area (Å²) in [4.78, 5) is 6.37. The van der Waals surface area contributed by atoms with Crippen LogP contribution in [0, 0.1) is 6.07 Å². The minimum absolute atomic E-state index is 0.829. The highest BCUT2D eigenvalue weighted by Gasteiger charge is 2.00. The quantitative estimate of drug-likeness (QED) is 0.746. The van der Waals surface area contributed by atoms with Gasteiger partial charge in [0.2, 0.25) is 0 Å². The standard InChI is InChI=1S/C11H13N4/c1-14(2)9-10-4-6-12-11(8-10)15-7-3-5-13-15/h4-8H,9H2,1-2H3. The van der Waals surface area contributed by atoms with Gasteiger partial charge < -0.3 is 4.90 Å². The van der Waals surface area contributed by atoms with Crippen molar-refractivity contribution in [3.05, 3.63) is 42.4 Å². The molecule has 0 aliphatic rings. The van der Waals surface area contributed by atoms with Crippen molar-refractivity contribution in [1.29, 1.82) is 0 Å². The molecule has 2 heterocycles. The molecule has 0 aliphatic carbocycles. The van der Waals surface area contributed by atoms with E-state index in [2.05, 4.69) is 21.0 Å². The molecule has 0 bridgehead atoms. The highest BCUT2D eigenvalue weighted by molar-refractivity contribution is 5.26. The second-order valence-corrected chi connectivity index (χ2v) is 3.64. The first-order valence-electron chi connectivity index (χ1n) is 4.76. The molecule has 0 aromatic carbocycles. The molecule has 0 spiro atoms. The molecule has 0 atom stereocenters. The molecule has 1 radical (unpaired) electrons. The van der Waals surface area contributed by atoms with E-state index < -0.39 is 0 Å². The van der Waals surface area contributed by atoms with Crippen LogP contribution in [0.3, 0.4) is 0 Å². The van der Waals surface area contributed by atoms with Crippen molar-refractivity contribution in [3.8, 4) is 5.82 Å². The molecule has 0 amide bonds. The SMILES string of the molecule is CN(C)Cc1ccnc(-n2c[c]cn2)c1. The maximum absolute atomic E-state index is 4.25. The fraction of sp³-hybridized carbons (Fsp3) is 0.273. The van der Waals surface area contributed by atoms with E-state index in [4.69, 9.17) is 0 Å². The maximum atomic E-state index is 4.25. The van der Waals surface area contributed by atoms with Crippen LogP contribution in [0.25, 0.3) is 5.82 Å². The van der Waals surface area contributed by atoms with E-state index in [0.717, 1.165) is 12.4 Å². The Hall–Kier alpha value is -1.68. The highest BCUT2D eigenvalue weighted by atomic mass is 15.3. The third-order valence-corrected chi connectivity index (χ3v) is 2.00. The molecule has 0 fully saturated rings. The second-order valence-electron chi connectivity index (χ2n) is 3.64. The van der Waals surface area contributed by atoms with Gasteiger partial charge in [-0.05, 0) is 31.8 Å². The maximum Gasteiger partial charge on any atom is 0.153 e. The van der Waals surface area contributed by atoms with E-state index >= 15 is 0 Å². The molecule has 0 N–H and O–H groups in total. The molecule has 4 heteroatoms. The van der Waals surface area contributed by atoms with Gasteiger partial charge in [-0.2, -0.15) is 5.10 Å². The summed E-state index contributed by atoms with van der Waals surface area (Å²) in [6, 6.07) is 6.93. The highest BCUT2D eigenvalue weighted by Crippen LogP contribution is 2.07. The summed E-state index contributed by atoms with van der Waals surface area (Å²) in [6.45, 7) is 0.903. The molecule has 0 aliphatic heterocycles. The Morgan fingerprint density at radius 1 is 1.47 bits per heavy atom. The van der Waals surface area contributed by atoms with Crippen LogP contribution >= 0.6 is 0 Å². The predicted octanol–water partition coefficient (Wildman–Crippen LogP) is 1.13. The van der Waals surface area contributed by atoms with Crippen LogP contribution in [0.2, 0.25) is 0 Å². The molecule has 2 rings (SSSR count). The van der Waals surface area contributed by atoms with Crippen LogP contribution in [-0.4, -0.2) is 33.8 Å². The number of hydrogen-bond donors (Lipinski definition) is 0. The molecule has 15 heavy (non-hydrogen) atoms. The lowest BCUT2D eigenvalue weighted by atomic mass is 10.2. The van der Waals surface area contributed by atoms with Gasteiger partial charge >= 0.3 is 0 Å². The Labute approximate surface area is 89.2 Å². The van der Waals surface area contributed by atoms with Crippen molar-refractivity contribution < 1.29 is 0 Å². The minimum atomic E-state index is 0.829. The van der Waals surface area contributed by atoms with Gasteiger partial charge in [0.15, 0.2) is 5.82 Å². The van der Waals surface area contributed by atoms with Gasteiger partial charge in [-0.25, -0.2) is 9.67 Å². The topological polar surface area (TPSA) is 34.0 Å². The Bertz CT molecular complexity index is 420. The third-order valence-electron chi connectivity index (χ3n) is 2.00. The molecule has 2 aromatic heterocycles. The van der Waals surface area contributed by atoms with Crippen LogP contribution in [-0.2, 0) is 6.54 Å². The van der Waals surface area contributed by atoms with Gasteiger partial charge in [-0.1, -0.05) is 0 Å². The van der Waals surface area contributed by atoms with E-state index in [1.807, 2.05) is 26.2 Å². The smallest absolute Gasteiger partial charge is 0.153 e. The third kappa shape index (κ3) is 2.41. The minimum Gasteiger partial charge on any atom is -0.305 e. The van der Waals surface area contributed by atoms with Crippen LogP contribution < -0.4 is 0 Å². The summed E-state index contributed by atoms with van der Waals surface area (Å²) in [5, 5.41) is 4.09. The summed E-state index contributed by atoms with van der Waals surface area (Å²) in [7, 11) is 4.09. The lowest BCUT2D eigenvalue weighted by Gasteiger charge is -2.10. The fourth-order valence-electron chi connectivity index (χ4n) is 1.41. The predicted molar refractivity (Wildman–Crippen MR) is 57.6 cm³/mol. The van der Waals surface area contributed by atoms with Crippen molar-refractivity contribution in [1.82, 2.24) is 19.7 Å². The lowest BCUT2D eigenvalue weighted by molar-refractivity contribution is 0.402. The van der Waals surface area contributed by atoms with Gasteiger partial charge in [-0.3, -0.25) is 0 Å². The number of pyridine rings is 1. The van der Waals surface area contributed by atoms with Crippen molar-refractivity contribution in [2.75, 3.05) is 14.1 Å². The summed E-state index contributed by atoms with van der Waals surface area (Å²) in [5.41, 5.74) is 1.22. The fourth-order valence-corrected chi connectivity index (χ4v) is 1.41. The molecule has 0 saturated carbocycles. The van der Waals surface area contributed by atoms with Gasteiger partial charge in [0.05, 0.1) is 6.20 Å². The Balaban J connectivity index is 2.27. The van der Waals surface area contributed by atoms with Crippen LogP contribution in [0.15, 0.2) is 30.7 Å². The zero-order valence-electron chi connectivity index (χ0n) is 8.88. The summed E-state index contributed by atoms with van der Waals surface area (Å²) < 4.78 is 1.71. The first-order valence-corrected chi connectivity index (χ1v) is 4.76. The van der Waals surface area contributed by atoms with Gasteiger partial charge in [0, 0.05) is 25.0 Å². The Morgan fingerprint density at radius 3 is 3.00 bits per heavy atom. The number of aromatic nitrogens is 3. The van der Waals surface area contributed by atoms with Crippen molar-refractivity contribution >= 4 is 0 Å². The Morgan fingerprint density at radius 2 is 2.33 bits per heavy atom. The number of rotatable bonds is 3. The number of hydrogen-bond acceptors (Lipinski definition) is 3. The van der Waals surface area contributed by atoms with E-state index in [0.29, 0.717) is 0 Å². The average molecular weight is 201 g/mol. The molecular formula is C11H13N4. The monoisotopic (exact) mass is 201 g/mol. The molecule has 0 unspecified atom stereocenters. The Kier molecular flexibility index (Phi) is 2.78.